The monoisotopic (exact) mass is 351 g/mol. The first-order valence-electron chi connectivity index (χ1n) is 8.07. The summed E-state index contributed by atoms with van der Waals surface area (Å²) < 4.78 is 18.7. The summed E-state index contributed by atoms with van der Waals surface area (Å²) in [5.41, 5.74) is 7.93. The first-order chi connectivity index (χ1) is 12.6. The maximum Gasteiger partial charge on any atom is 0.255 e. The SMILES string of the molecule is Nc1ncccc1C(=O)NCc1ccc(COc2cccc(F)c2)cc1. The molecular formula is C20H18FN3O2. The van der Waals surface area contributed by atoms with Gasteiger partial charge in [0, 0.05) is 18.8 Å². The van der Waals surface area contributed by atoms with E-state index < -0.39 is 0 Å². The van der Waals surface area contributed by atoms with Crippen molar-refractivity contribution in [3.05, 3.63) is 89.4 Å². The summed E-state index contributed by atoms with van der Waals surface area (Å²) in [5, 5.41) is 2.81. The molecule has 0 aliphatic carbocycles. The van der Waals surface area contributed by atoms with Crippen LogP contribution in [0.5, 0.6) is 5.75 Å². The maximum atomic E-state index is 13.1. The Labute approximate surface area is 150 Å². The molecule has 0 saturated carbocycles. The van der Waals surface area contributed by atoms with Crippen LogP contribution in [0.15, 0.2) is 66.9 Å². The quantitative estimate of drug-likeness (QED) is 0.714. The van der Waals surface area contributed by atoms with Crippen LogP contribution in [0.3, 0.4) is 0 Å². The molecule has 0 fully saturated rings. The number of nitrogens with zero attached hydrogens (tertiary/aromatic N) is 1. The van der Waals surface area contributed by atoms with Crippen LogP contribution in [0.4, 0.5) is 10.2 Å². The minimum atomic E-state index is -0.331. The Morgan fingerprint density at radius 2 is 1.85 bits per heavy atom. The molecule has 6 heteroatoms. The van der Waals surface area contributed by atoms with Gasteiger partial charge in [-0.2, -0.15) is 0 Å². The topological polar surface area (TPSA) is 77.2 Å². The number of nitrogen functional groups attached to an aromatic ring is 1. The minimum absolute atomic E-state index is 0.204. The lowest BCUT2D eigenvalue weighted by molar-refractivity contribution is 0.0951. The van der Waals surface area contributed by atoms with Crippen LogP contribution in [0.1, 0.15) is 21.5 Å². The lowest BCUT2D eigenvalue weighted by Gasteiger charge is -2.09. The Kier molecular flexibility index (Phi) is 5.43. The number of nitrogens with one attached hydrogen (secondary N) is 1. The van der Waals surface area contributed by atoms with E-state index in [1.807, 2.05) is 24.3 Å². The van der Waals surface area contributed by atoms with Gasteiger partial charge >= 0.3 is 0 Å². The van der Waals surface area contributed by atoms with Gasteiger partial charge in [-0.3, -0.25) is 4.79 Å². The number of carbonyl (C=O) groups is 1. The number of amides is 1. The van der Waals surface area contributed by atoms with Crippen molar-refractivity contribution in [3.63, 3.8) is 0 Å². The van der Waals surface area contributed by atoms with Gasteiger partial charge in [0.1, 0.15) is 24.0 Å². The largest absolute Gasteiger partial charge is 0.489 e. The van der Waals surface area contributed by atoms with Gasteiger partial charge in [-0.05, 0) is 35.4 Å². The van der Waals surface area contributed by atoms with E-state index in [1.54, 1.807) is 24.3 Å². The summed E-state index contributed by atoms with van der Waals surface area (Å²) in [6.07, 6.45) is 1.54. The second-order valence-electron chi connectivity index (χ2n) is 5.68. The number of nitrogens with two attached hydrogens (primary N) is 1. The van der Waals surface area contributed by atoms with Crippen LogP contribution in [-0.2, 0) is 13.2 Å². The lowest BCUT2D eigenvalue weighted by Crippen LogP contribution is -2.24. The molecule has 0 aliphatic rings. The fourth-order valence-corrected chi connectivity index (χ4v) is 2.36. The van der Waals surface area contributed by atoms with Gasteiger partial charge in [-0.1, -0.05) is 30.3 Å². The van der Waals surface area contributed by atoms with Crippen LogP contribution >= 0.6 is 0 Å². The third-order valence-electron chi connectivity index (χ3n) is 3.76. The molecule has 0 radical (unpaired) electrons. The molecule has 0 spiro atoms. The summed E-state index contributed by atoms with van der Waals surface area (Å²) in [4.78, 5) is 16.0. The van der Waals surface area contributed by atoms with Crippen molar-refractivity contribution >= 4 is 11.7 Å². The number of benzene rings is 2. The first-order valence-corrected chi connectivity index (χ1v) is 8.07. The third-order valence-corrected chi connectivity index (χ3v) is 3.76. The van der Waals surface area contributed by atoms with Gasteiger partial charge in [0.05, 0.1) is 5.56 Å². The van der Waals surface area contributed by atoms with Crippen molar-refractivity contribution in [3.8, 4) is 5.75 Å². The molecule has 1 aromatic heterocycles. The van der Waals surface area contributed by atoms with E-state index in [0.29, 0.717) is 24.5 Å². The molecule has 0 atom stereocenters. The molecular weight excluding hydrogens is 333 g/mol. The van der Waals surface area contributed by atoms with Crippen molar-refractivity contribution in [2.24, 2.45) is 0 Å². The Morgan fingerprint density at radius 3 is 2.58 bits per heavy atom. The fourth-order valence-electron chi connectivity index (χ4n) is 2.36. The van der Waals surface area contributed by atoms with Crippen LogP contribution in [0, 0.1) is 5.82 Å². The number of carbonyl (C=O) groups excluding carboxylic acids is 1. The first kappa shape index (κ1) is 17.4. The number of hydrogen-bond acceptors (Lipinski definition) is 4. The molecule has 132 valence electrons. The van der Waals surface area contributed by atoms with Gasteiger partial charge in [0.15, 0.2) is 0 Å². The van der Waals surface area contributed by atoms with Gasteiger partial charge in [-0.25, -0.2) is 9.37 Å². The van der Waals surface area contributed by atoms with E-state index >= 15 is 0 Å². The van der Waals surface area contributed by atoms with Gasteiger partial charge in [0.25, 0.3) is 5.91 Å². The maximum absolute atomic E-state index is 13.1. The number of ether oxygens (including phenoxy) is 1. The lowest BCUT2D eigenvalue weighted by atomic mass is 10.1. The van der Waals surface area contributed by atoms with Gasteiger partial charge in [-0.15, -0.1) is 0 Å². The highest BCUT2D eigenvalue weighted by atomic mass is 19.1. The van der Waals surface area contributed by atoms with Crippen LogP contribution in [0.25, 0.3) is 0 Å². The van der Waals surface area contributed by atoms with E-state index in [1.165, 1.54) is 18.3 Å². The van der Waals surface area contributed by atoms with Crippen molar-refractivity contribution in [1.29, 1.82) is 0 Å². The standard InChI is InChI=1S/C20H18FN3O2/c21-16-3-1-4-17(11-16)26-13-15-8-6-14(7-9-15)12-24-20(25)18-5-2-10-23-19(18)22/h1-11H,12-13H2,(H2,22,23)(H,24,25). The fraction of sp³-hybridized carbons (Fsp3) is 0.100. The Morgan fingerprint density at radius 1 is 1.08 bits per heavy atom. The summed E-state index contributed by atoms with van der Waals surface area (Å²) in [7, 11) is 0. The number of hydrogen-bond donors (Lipinski definition) is 2. The average Bonchev–Trinajstić information content (AvgIpc) is 2.66. The second kappa shape index (κ2) is 8.11. The molecule has 26 heavy (non-hydrogen) atoms. The smallest absolute Gasteiger partial charge is 0.255 e. The summed E-state index contributed by atoms with van der Waals surface area (Å²) in [5.74, 6) is 0.0854. The molecule has 0 unspecified atom stereocenters. The minimum Gasteiger partial charge on any atom is -0.489 e. The highest BCUT2D eigenvalue weighted by molar-refractivity contribution is 5.98. The van der Waals surface area contributed by atoms with E-state index in [0.717, 1.165) is 11.1 Å². The van der Waals surface area contributed by atoms with Crippen molar-refractivity contribution in [2.75, 3.05) is 5.73 Å². The second-order valence-corrected chi connectivity index (χ2v) is 5.68. The predicted molar refractivity (Wildman–Crippen MR) is 97.0 cm³/mol. The van der Waals surface area contributed by atoms with Gasteiger partial charge in [0.2, 0.25) is 0 Å². The molecule has 0 bridgehead atoms. The summed E-state index contributed by atoms with van der Waals surface area (Å²) >= 11 is 0. The zero-order valence-electron chi connectivity index (χ0n) is 14.0. The zero-order valence-corrected chi connectivity index (χ0v) is 14.0. The van der Waals surface area contributed by atoms with Crippen molar-refractivity contribution in [1.82, 2.24) is 10.3 Å². The van der Waals surface area contributed by atoms with E-state index in [9.17, 15) is 9.18 Å². The Hall–Kier alpha value is -3.41. The van der Waals surface area contributed by atoms with E-state index in [4.69, 9.17) is 10.5 Å². The number of anilines is 1. The molecule has 3 rings (SSSR count). The van der Waals surface area contributed by atoms with Crippen molar-refractivity contribution in [2.45, 2.75) is 13.2 Å². The number of pyridine rings is 1. The molecule has 1 heterocycles. The Bertz CT molecular complexity index is 898. The van der Waals surface area contributed by atoms with Crippen molar-refractivity contribution < 1.29 is 13.9 Å². The molecule has 0 aliphatic heterocycles. The Balaban J connectivity index is 1.53. The molecule has 3 N–H and O–H groups in total. The van der Waals surface area contributed by atoms with Gasteiger partial charge < -0.3 is 15.8 Å². The highest BCUT2D eigenvalue weighted by Gasteiger charge is 2.09. The van der Waals surface area contributed by atoms with E-state index in [2.05, 4.69) is 10.3 Å². The van der Waals surface area contributed by atoms with Crippen LogP contribution in [0.2, 0.25) is 0 Å². The molecule has 3 aromatic rings. The number of rotatable bonds is 6. The molecule has 5 nitrogen and oxygen atoms in total. The number of halogens is 1. The normalized spacial score (nSPS) is 10.3. The zero-order chi connectivity index (χ0) is 18.4. The highest BCUT2D eigenvalue weighted by Crippen LogP contribution is 2.15. The molecule has 0 saturated heterocycles. The molecule has 1 amide bonds. The number of aromatic nitrogens is 1. The summed E-state index contributed by atoms with van der Waals surface area (Å²) in [6.45, 7) is 0.709. The predicted octanol–water partition coefficient (Wildman–Crippen LogP) is 3.31. The van der Waals surface area contributed by atoms with Crippen LogP contribution < -0.4 is 15.8 Å². The van der Waals surface area contributed by atoms with E-state index in [-0.39, 0.29) is 17.5 Å². The molecule has 2 aromatic carbocycles. The van der Waals surface area contributed by atoms with Crippen LogP contribution in [-0.4, -0.2) is 10.9 Å². The summed E-state index contributed by atoms with van der Waals surface area (Å²) in [6, 6.07) is 16.9. The average molecular weight is 351 g/mol. The third kappa shape index (κ3) is 4.57.